The molecule has 0 fully saturated rings. The van der Waals surface area contributed by atoms with Gasteiger partial charge >= 0.3 is 0 Å². The standard InChI is InChI=1S/C18H17NO4/c1-21-17(16-11-13-5-2-3-7-15(13)23-16)12-19-18(20)9-8-14-6-4-10-22-14/h2-11,17H,12H2,1H3,(H,19,20)/b9-8+/t17-/m1/s1. The molecule has 0 spiro atoms. The second-order valence-electron chi connectivity index (χ2n) is 5.00. The van der Waals surface area contributed by atoms with Gasteiger partial charge in [0.2, 0.25) is 5.91 Å². The van der Waals surface area contributed by atoms with Gasteiger partial charge in [-0.2, -0.15) is 0 Å². The highest BCUT2D eigenvalue weighted by Crippen LogP contribution is 2.25. The Labute approximate surface area is 133 Å². The molecule has 0 aliphatic heterocycles. The first-order valence-electron chi connectivity index (χ1n) is 7.27. The predicted molar refractivity (Wildman–Crippen MR) is 86.7 cm³/mol. The lowest BCUT2D eigenvalue weighted by Crippen LogP contribution is -2.27. The minimum Gasteiger partial charge on any atom is -0.465 e. The molecule has 23 heavy (non-hydrogen) atoms. The molecule has 0 bridgehead atoms. The molecule has 5 nitrogen and oxygen atoms in total. The van der Waals surface area contributed by atoms with Crippen LogP contribution in [0.25, 0.3) is 17.0 Å². The normalized spacial score (nSPS) is 12.7. The first-order chi connectivity index (χ1) is 11.3. The Kier molecular flexibility index (Phi) is 4.59. The summed E-state index contributed by atoms with van der Waals surface area (Å²) in [5.41, 5.74) is 0.800. The number of nitrogens with one attached hydrogen (secondary N) is 1. The van der Waals surface area contributed by atoms with Gasteiger partial charge in [-0.1, -0.05) is 18.2 Å². The molecular formula is C18H17NO4. The van der Waals surface area contributed by atoms with Gasteiger partial charge in [0.05, 0.1) is 12.8 Å². The van der Waals surface area contributed by atoms with Gasteiger partial charge in [0.1, 0.15) is 23.2 Å². The van der Waals surface area contributed by atoms with E-state index < -0.39 is 0 Å². The van der Waals surface area contributed by atoms with Gasteiger partial charge in [-0.25, -0.2) is 0 Å². The van der Waals surface area contributed by atoms with E-state index in [2.05, 4.69) is 5.32 Å². The summed E-state index contributed by atoms with van der Waals surface area (Å²) in [7, 11) is 1.59. The topological polar surface area (TPSA) is 64.6 Å². The van der Waals surface area contributed by atoms with Gasteiger partial charge in [0, 0.05) is 18.6 Å². The Bertz CT molecular complexity index is 768. The predicted octanol–water partition coefficient (Wildman–Crippen LogP) is 3.54. The summed E-state index contributed by atoms with van der Waals surface area (Å²) in [4.78, 5) is 11.8. The van der Waals surface area contributed by atoms with Crippen molar-refractivity contribution in [3.8, 4) is 0 Å². The molecule has 1 amide bonds. The third kappa shape index (κ3) is 3.70. The molecule has 2 heterocycles. The van der Waals surface area contributed by atoms with E-state index in [1.165, 1.54) is 6.08 Å². The molecule has 0 unspecified atom stereocenters. The summed E-state index contributed by atoms with van der Waals surface area (Å²) in [6.45, 7) is 0.317. The van der Waals surface area contributed by atoms with Gasteiger partial charge < -0.3 is 18.9 Å². The Hall–Kier alpha value is -2.79. The lowest BCUT2D eigenvalue weighted by molar-refractivity contribution is -0.117. The zero-order chi connectivity index (χ0) is 16.1. The monoisotopic (exact) mass is 311 g/mol. The summed E-state index contributed by atoms with van der Waals surface area (Å²) < 4.78 is 16.3. The quantitative estimate of drug-likeness (QED) is 0.707. The van der Waals surface area contributed by atoms with Gasteiger partial charge in [0.15, 0.2) is 0 Å². The van der Waals surface area contributed by atoms with Crippen molar-refractivity contribution >= 4 is 23.0 Å². The Morgan fingerprint density at radius 2 is 2.17 bits per heavy atom. The van der Waals surface area contributed by atoms with E-state index in [0.29, 0.717) is 18.1 Å². The fourth-order valence-electron chi connectivity index (χ4n) is 2.26. The number of fused-ring (bicyclic) bond motifs is 1. The molecule has 1 atom stereocenters. The first-order valence-corrected chi connectivity index (χ1v) is 7.27. The molecule has 3 aromatic rings. The van der Waals surface area contributed by atoms with Crippen molar-refractivity contribution in [3.63, 3.8) is 0 Å². The summed E-state index contributed by atoms with van der Waals surface area (Å²) >= 11 is 0. The van der Waals surface area contributed by atoms with Crippen LogP contribution in [0, 0.1) is 0 Å². The van der Waals surface area contributed by atoms with E-state index in [9.17, 15) is 4.79 Å². The van der Waals surface area contributed by atoms with Crippen LogP contribution >= 0.6 is 0 Å². The minimum atomic E-state index is -0.344. The van der Waals surface area contributed by atoms with E-state index in [0.717, 1.165) is 11.0 Å². The highest BCUT2D eigenvalue weighted by molar-refractivity contribution is 5.91. The number of furan rings is 2. The van der Waals surface area contributed by atoms with Crippen LogP contribution in [0.3, 0.4) is 0 Å². The fraction of sp³-hybridized carbons (Fsp3) is 0.167. The molecule has 0 aliphatic rings. The zero-order valence-electron chi connectivity index (χ0n) is 12.7. The van der Waals surface area contributed by atoms with Crippen LogP contribution < -0.4 is 5.32 Å². The number of hydrogen-bond acceptors (Lipinski definition) is 4. The molecule has 3 rings (SSSR count). The van der Waals surface area contributed by atoms with Crippen LogP contribution in [-0.4, -0.2) is 19.6 Å². The van der Waals surface area contributed by atoms with E-state index >= 15 is 0 Å². The Morgan fingerprint density at radius 3 is 2.91 bits per heavy atom. The average molecular weight is 311 g/mol. The highest BCUT2D eigenvalue weighted by Gasteiger charge is 2.16. The van der Waals surface area contributed by atoms with E-state index in [1.54, 1.807) is 31.6 Å². The summed E-state index contributed by atoms with van der Waals surface area (Å²) in [5, 5.41) is 3.79. The molecule has 5 heteroatoms. The zero-order valence-corrected chi connectivity index (χ0v) is 12.7. The van der Waals surface area contributed by atoms with Crippen LogP contribution in [0.15, 0.2) is 63.6 Å². The third-order valence-corrected chi connectivity index (χ3v) is 3.45. The number of rotatable bonds is 6. The van der Waals surface area contributed by atoms with Gasteiger partial charge in [-0.15, -0.1) is 0 Å². The van der Waals surface area contributed by atoms with Crippen molar-refractivity contribution in [1.82, 2.24) is 5.32 Å². The molecule has 118 valence electrons. The van der Waals surface area contributed by atoms with Crippen molar-refractivity contribution in [1.29, 1.82) is 0 Å². The van der Waals surface area contributed by atoms with Crippen molar-refractivity contribution in [3.05, 3.63) is 66.3 Å². The van der Waals surface area contributed by atoms with Crippen LogP contribution in [0.4, 0.5) is 0 Å². The van der Waals surface area contributed by atoms with E-state index in [1.807, 2.05) is 30.3 Å². The second kappa shape index (κ2) is 6.98. The Balaban J connectivity index is 1.62. The minimum absolute atomic E-state index is 0.223. The number of carbonyl (C=O) groups is 1. The Morgan fingerprint density at radius 1 is 1.30 bits per heavy atom. The number of hydrogen-bond donors (Lipinski definition) is 1. The number of methoxy groups -OCH3 is 1. The molecule has 1 aromatic carbocycles. The van der Waals surface area contributed by atoms with Gasteiger partial charge in [-0.05, 0) is 30.3 Å². The maximum Gasteiger partial charge on any atom is 0.244 e. The van der Waals surface area contributed by atoms with Crippen LogP contribution in [0.2, 0.25) is 0 Å². The number of carbonyl (C=O) groups excluding carboxylic acids is 1. The summed E-state index contributed by atoms with van der Waals surface area (Å²) in [6, 6.07) is 13.2. The third-order valence-electron chi connectivity index (χ3n) is 3.45. The summed E-state index contributed by atoms with van der Waals surface area (Å²) in [6.07, 6.45) is 4.24. The highest BCUT2D eigenvalue weighted by atomic mass is 16.5. The SMILES string of the molecule is CO[C@H](CNC(=O)/C=C/c1ccco1)c1cc2ccccc2o1. The number of amides is 1. The molecule has 0 radical (unpaired) electrons. The largest absolute Gasteiger partial charge is 0.465 e. The van der Waals surface area contributed by atoms with E-state index in [4.69, 9.17) is 13.6 Å². The van der Waals surface area contributed by atoms with Gasteiger partial charge in [0.25, 0.3) is 0 Å². The van der Waals surface area contributed by atoms with Crippen molar-refractivity contribution in [2.45, 2.75) is 6.10 Å². The number of ether oxygens (including phenoxy) is 1. The average Bonchev–Trinajstić information content (AvgIpc) is 3.22. The second-order valence-corrected chi connectivity index (χ2v) is 5.00. The molecule has 1 N–H and O–H groups in total. The first kappa shape index (κ1) is 15.1. The van der Waals surface area contributed by atoms with Crippen molar-refractivity contribution in [2.75, 3.05) is 13.7 Å². The van der Waals surface area contributed by atoms with Gasteiger partial charge in [-0.3, -0.25) is 4.79 Å². The molecule has 0 saturated heterocycles. The smallest absolute Gasteiger partial charge is 0.244 e. The fourth-order valence-corrected chi connectivity index (χ4v) is 2.26. The number of para-hydroxylation sites is 1. The number of benzene rings is 1. The molecule has 0 saturated carbocycles. The van der Waals surface area contributed by atoms with Crippen molar-refractivity contribution in [2.24, 2.45) is 0 Å². The molecule has 2 aromatic heterocycles. The molecule has 0 aliphatic carbocycles. The maximum absolute atomic E-state index is 11.8. The van der Waals surface area contributed by atoms with E-state index in [-0.39, 0.29) is 12.0 Å². The molecular weight excluding hydrogens is 294 g/mol. The van der Waals surface area contributed by atoms with Crippen LogP contribution in [-0.2, 0) is 9.53 Å². The lowest BCUT2D eigenvalue weighted by Gasteiger charge is -2.12. The van der Waals surface area contributed by atoms with Crippen LogP contribution in [0.1, 0.15) is 17.6 Å². The summed E-state index contributed by atoms with van der Waals surface area (Å²) in [5.74, 6) is 1.09. The van der Waals surface area contributed by atoms with Crippen molar-refractivity contribution < 1.29 is 18.4 Å². The van der Waals surface area contributed by atoms with Crippen LogP contribution in [0.5, 0.6) is 0 Å². The lowest BCUT2D eigenvalue weighted by atomic mass is 10.2. The maximum atomic E-state index is 11.8.